The molecule has 0 saturated carbocycles. The number of benzene rings is 4. The van der Waals surface area contributed by atoms with Gasteiger partial charge in [-0.3, -0.25) is 4.79 Å². The minimum absolute atomic E-state index is 0.0785. The van der Waals surface area contributed by atoms with Crippen LogP contribution >= 0.6 is 0 Å². The summed E-state index contributed by atoms with van der Waals surface area (Å²) in [6.45, 7) is 0.662. The number of aromatic nitrogens is 4. The first-order valence-electron chi connectivity index (χ1n) is 11.8. The molecule has 0 bridgehead atoms. The number of aromatic carboxylic acids is 1. The van der Waals surface area contributed by atoms with E-state index in [1.165, 1.54) is 23.1 Å². The van der Waals surface area contributed by atoms with Crippen molar-refractivity contribution in [1.82, 2.24) is 25.1 Å². The van der Waals surface area contributed by atoms with Gasteiger partial charge in [-0.15, -0.1) is 5.10 Å². The Bertz CT molecular complexity index is 1520. The first-order valence-corrected chi connectivity index (χ1v) is 11.8. The summed E-state index contributed by atoms with van der Waals surface area (Å²) in [6.07, 6.45) is 1.30. The third-order valence-corrected chi connectivity index (χ3v) is 5.85. The molecular formula is C29H23N5O4. The maximum absolute atomic E-state index is 13.7. The molecule has 0 aliphatic rings. The van der Waals surface area contributed by atoms with E-state index in [0.717, 1.165) is 16.9 Å². The van der Waals surface area contributed by atoms with Crippen LogP contribution in [0.15, 0.2) is 109 Å². The van der Waals surface area contributed by atoms with Crippen LogP contribution in [0.2, 0.25) is 0 Å². The van der Waals surface area contributed by atoms with Gasteiger partial charge in [0.05, 0.1) is 11.3 Å². The molecule has 0 spiro atoms. The SMILES string of the molecule is O=C(O)c1cc(C(=O)N(Cc2ccccc2)Cc2ccc(Oc3ccccc3)cc2)ccc1-n1cnnn1. The second kappa shape index (κ2) is 11.2. The van der Waals surface area contributed by atoms with Gasteiger partial charge in [0.1, 0.15) is 17.8 Å². The minimum Gasteiger partial charge on any atom is -0.478 e. The fourth-order valence-corrected chi connectivity index (χ4v) is 4.01. The molecule has 0 aliphatic heterocycles. The third kappa shape index (κ3) is 5.73. The van der Waals surface area contributed by atoms with Crippen LogP contribution in [0.4, 0.5) is 0 Å². The Morgan fingerprint density at radius 3 is 2.05 bits per heavy atom. The Kier molecular flexibility index (Phi) is 7.17. The minimum atomic E-state index is -1.19. The van der Waals surface area contributed by atoms with E-state index in [-0.39, 0.29) is 22.7 Å². The maximum Gasteiger partial charge on any atom is 0.337 e. The van der Waals surface area contributed by atoms with Gasteiger partial charge < -0.3 is 14.7 Å². The molecule has 188 valence electrons. The highest BCUT2D eigenvalue weighted by molar-refractivity contribution is 5.99. The van der Waals surface area contributed by atoms with Gasteiger partial charge in [0.25, 0.3) is 5.91 Å². The lowest BCUT2D eigenvalue weighted by Gasteiger charge is -2.24. The summed E-state index contributed by atoms with van der Waals surface area (Å²) in [7, 11) is 0. The van der Waals surface area contributed by atoms with E-state index in [9.17, 15) is 14.7 Å². The smallest absolute Gasteiger partial charge is 0.337 e. The van der Waals surface area contributed by atoms with Gasteiger partial charge in [0.2, 0.25) is 0 Å². The summed E-state index contributed by atoms with van der Waals surface area (Å²) in [6, 6.07) is 31.1. The average Bonchev–Trinajstić information content (AvgIpc) is 3.49. The van der Waals surface area contributed by atoms with Crippen LogP contribution in [0.3, 0.4) is 0 Å². The Balaban J connectivity index is 1.41. The van der Waals surface area contributed by atoms with E-state index in [2.05, 4.69) is 15.5 Å². The summed E-state index contributed by atoms with van der Waals surface area (Å²) in [5, 5.41) is 20.7. The number of carboxylic acid groups (broad SMARTS) is 1. The predicted molar refractivity (Wildman–Crippen MR) is 139 cm³/mol. The molecule has 9 heteroatoms. The van der Waals surface area contributed by atoms with E-state index >= 15 is 0 Å². The second-order valence-electron chi connectivity index (χ2n) is 8.50. The molecular weight excluding hydrogens is 482 g/mol. The van der Waals surface area contributed by atoms with Gasteiger partial charge in [-0.2, -0.15) is 4.68 Å². The van der Waals surface area contributed by atoms with Crippen LogP contribution in [0, 0.1) is 0 Å². The van der Waals surface area contributed by atoms with Gasteiger partial charge >= 0.3 is 5.97 Å². The number of carbonyl (C=O) groups is 2. The number of para-hydroxylation sites is 1. The van der Waals surface area contributed by atoms with Crippen LogP contribution in [-0.2, 0) is 13.1 Å². The largest absolute Gasteiger partial charge is 0.478 e. The molecule has 4 aromatic carbocycles. The zero-order chi connectivity index (χ0) is 26.3. The van der Waals surface area contributed by atoms with Crippen molar-refractivity contribution < 1.29 is 19.4 Å². The quantitative estimate of drug-likeness (QED) is 0.300. The van der Waals surface area contributed by atoms with Gasteiger partial charge in [-0.05, 0) is 64.0 Å². The molecule has 0 radical (unpaired) electrons. The fraction of sp³-hybridized carbons (Fsp3) is 0.0690. The van der Waals surface area contributed by atoms with Crippen LogP contribution in [-0.4, -0.2) is 42.1 Å². The zero-order valence-electron chi connectivity index (χ0n) is 20.2. The van der Waals surface area contributed by atoms with Crippen LogP contribution in [0.5, 0.6) is 11.5 Å². The molecule has 38 heavy (non-hydrogen) atoms. The lowest BCUT2D eigenvalue weighted by Crippen LogP contribution is -2.30. The molecule has 1 heterocycles. The van der Waals surface area contributed by atoms with Crippen molar-refractivity contribution in [3.8, 4) is 17.2 Å². The van der Waals surface area contributed by atoms with Crippen LogP contribution < -0.4 is 4.74 Å². The number of amides is 1. The van der Waals surface area contributed by atoms with Crippen molar-refractivity contribution >= 4 is 11.9 Å². The average molecular weight is 506 g/mol. The summed E-state index contributed by atoms with van der Waals surface area (Å²) in [5.74, 6) is -0.0661. The first-order chi connectivity index (χ1) is 18.6. The van der Waals surface area contributed by atoms with Crippen molar-refractivity contribution in [3.63, 3.8) is 0 Å². The highest BCUT2D eigenvalue weighted by Crippen LogP contribution is 2.23. The maximum atomic E-state index is 13.7. The van der Waals surface area contributed by atoms with E-state index in [1.54, 1.807) is 11.0 Å². The van der Waals surface area contributed by atoms with E-state index in [1.807, 2.05) is 84.9 Å². The molecule has 5 rings (SSSR count). The molecule has 1 aromatic heterocycles. The topological polar surface area (TPSA) is 110 Å². The number of carboxylic acids is 1. The lowest BCUT2D eigenvalue weighted by molar-refractivity contribution is 0.0696. The molecule has 0 fully saturated rings. The second-order valence-corrected chi connectivity index (χ2v) is 8.50. The molecule has 1 N–H and O–H groups in total. The van der Waals surface area contributed by atoms with Gasteiger partial charge in [0.15, 0.2) is 0 Å². The molecule has 5 aromatic rings. The Morgan fingerprint density at radius 2 is 1.42 bits per heavy atom. The number of rotatable bonds is 9. The highest BCUT2D eigenvalue weighted by Gasteiger charge is 2.21. The lowest BCUT2D eigenvalue weighted by atomic mass is 10.1. The van der Waals surface area contributed by atoms with Crippen molar-refractivity contribution in [1.29, 1.82) is 0 Å². The van der Waals surface area contributed by atoms with Crippen molar-refractivity contribution in [2.24, 2.45) is 0 Å². The Morgan fingerprint density at radius 1 is 0.789 bits per heavy atom. The Hall–Kier alpha value is -5.31. The summed E-state index contributed by atoms with van der Waals surface area (Å²) in [5.41, 5.74) is 2.29. The van der Waals surface area contributed by atoms with Crippen LogP contribution in [0.1, 0.15) is 31.8 Å². The van der Waals surface area contributed by atoms with Crippen molar-refractivity contribution in [2.45, 2.75) is 13.1 Å². The number of tetrazole rings is 1. The van der Waals surface area contributed by atoms with E-state index in [0.29, 0.717) is 18.8 Å². The third-order valence-electron chi connectivity index (χ3n) is 5.85. The number of nitrogens with zero attached hydrogens (tertiary/aromatic N) is 5. The molecule has 0 saturated heterocycles. The molecule has 0 atom stereocenters. The number of ether oxygens (including phenoxy) is 1. The van der Waals surface area contributed by atoms with E-state index in [4.69, 9.17) is 4.74 Å². The summed E-state index contributed by atoms with van der Waals surface area (Å²) >= 11 is 0. The monoisotopic (exact) mass is 505 g/mol. The predicted octanol–water partition coefficient (Wildman–Crippen LogP) is 5.00. The number of hydrogen-bond acceptors (Lipinski definition) is 6. The summed E-state index contributed by atoms with van der Waals surface area (Å²) < 4.78 is 7.12. The number of carbonyl (C=O) groups excluding carboxylic acids is 1. The molecule has 0 aliphatic carbocycles. The van der Waals surface area contributed by atoms with Crippen LogP contribution in [0.25, 0.3) is 5.69 Å². The van der Waals surface area contributed by atoms with Gasteiger partial charge in [-0.25, -0.2) is 4.79 Å². The zero-order valence-corrected chi connectivity index (χ0v) is 20.2. The normalized spacial score (nSPS) is 10.6. The standard InChI is InChI=1S/C29H23N5O4/c35-28(23-13-16-27(26(17-23)29(36)37)34-20-30-31-32-34)33(18-21-7-3-1-4-8-21)19-22-11-14-25(15-12-22)38-24-9-5-2-6-10-24/h1-17,20H,18-19H2,(H,36,37). The number of hydrogen-bond donors (Lipinski definition) is 1. The van der Waals surface area contributed by atoms with Gasteiger partial charge in [0, 0.05) is 18.7 Å². The fourth-order valence-electron chi connectivity index (χ4n) is 4.01. The van der Waals surface area contributed by atoms with Crippen molar-refractivity contribution in [2.75, 3.05) is 0 Å². The molecule has 9 nitrogen and oxygen atoms in total. The van der Waals surface area contributed by atoms with E-state index < -0.39 is 5.97 Å². The summed E-state index contributed by atoms with van der Waals surface area (Å²) in [4.78, 5) is 27.4. The molecule has 1 amide bonds. The van der Waals surface area contributed by atoms with Crippen molar-refractivity contribution in [3.05, 3.63) is 132 Å². The molecule has 0 unspecified atom stereocenters. The Labute approximate surface area is 218 Å². The first kappa shape index (κ1) is 24.4. The highest BCUT2D eigenvalue weighted by atomic mass is 16.5. The van der Waals surface area contributed by atoms with Gasteiger partial charge in [-0.1, -0.05) is 60.7 Å².